The summed E-state index contributed by atoms with van der Waals surface area (Å²) in [6.45, 7) is 1.76. The number of aromatic nitrogens is 1. The summed E-state index contributed by atoms with van der Waals surface area (Å²) in [4.78, 5) is 8.14. The molecular weight excluding hydrogens is 356 g/mol. The van der Waals surface area contributed by atoms with Gasteiger partial charge in [0.05, 0.1) is 0 Å². The van der Waals surface area contributed by atoms with E-state index in [2.05, 4.69) is 20.1 Å². The van der Waals surface area contributed by atoms with Gasteiger partial charge in [0, 0.05) is 43.8 Å². The van der Waals surface area contributed by atoms with Crippen molar-refractivity contribution in [3.05, 3.63) is 54.6 Å². The molecule has 0 spiro atoms. The second-order valence-corrected chi connectivity index (χ2v) is 7.50. The molecule has 1 saturated heterocycles. The average molecular weight is 378 g/mol. The van der Waals surface area contributed by atoms with Gasteiger partial charge in [0.2, 0.25) is 12.7 Å². The van der Waals surface area contributed by atoms with Crippen molar-refractivity contribution in [2.45, 2.75) is 24.4 Å². The molecule has 0 amide bonds. The van der Waals surface area contributed by atoms with E-state index in [0.29, 0.717) is 11.8 Å². The molecule has 0 bridgehead atoms. The van der Waals surface area contributed by atoms with Crippen LogP contribution in [0.15, 0.2) is 49.1 Å². The number of hydrogen-bond donors (Lipinski definition) is 2. The quantitative estimate of drug-likeness (QED) is 0.746. The Bertz CT molecular complexity index is 706. The maximum Gasteiger partial charge on any atom is 0.234 e. The molecule has 4 heterocycles. The van der Waals surface area contributed by atoms with Crippen molar-refractivity contribution in [2.24, 2.45) is 5.92 Å². The van der Waals surface area contributed by atoms with Crippen molar-refractivity contribution in [1.29, 1.82) is 0 Å². The molecule has 3 unspecified atom stereocenters. The molecule has 3 aliphatic rings. The molecule has 0 radical (unpaired) electrons. The zero-order chi connectivity index (χ0) is 17.9. The normalized spacial score (nSPS) is 26.0. The van der Waals surface area contributed by atoms with Gasteiger partial charge >= 0.3 is 0 Å². The number of hydrogen-bond acceptors (Lipinski definition) is 7. The second-order valence-electron chi connectivity index (χ2n) is 6.50. The van der Waals surface area contributed by atoms with Crippen LogP contribution in [0.4, 0.5) is 0 Å². The first kappa shape index (κ1) is 17.3. The van der Waals surface area contributed by atoms with Crippen molar-refractivity contribution >= 4 is 11.1 Å². The van der Waals surface area contributed by atoms with Gasteiger partial charge in [-0.05, 0) is 30.5 Å². The number of ether oxygens (including phenoxy) is 2. The predicted molar refractivity (Wildman–Crippen MR) is 95.1 cm³/mol. The number of likely N-dealkylation sites (tertiary alicyclic amines) is 1. The molecule has 4 rings (SSSR count). The summed E-state index contributed by atoms with van der Waals surface area (Å²) >= 11 is -1.96. The fraction of sp³-hybridized carbons (Fsp3) is 0.471. The summed E-state index contributed by atoms with van der Waals surface area (Å²) in [5, 5.41) is 2.87. The maximum atomic E-state index is 11.9. The van der Waals surface area contributed by atoms with Gasteiger partial charge in [0.15, 0.2) is 11.1 Å². The monoisotopic (exact) mass is 378 g/mol. The highest BCUT2D eigenvalue weighted by Gasteiger charge is 2.37. The molecule has 8 nitrogen and oxygen atoms in total. The van der Waals surface area contributed by atoms with Crippen LogP contribution in [0.2, 0.25) is 0 Å². The van der Waals surface area contributed by atoms with E-state index in [-0.39, 0.29) is 13.0 Å². The van der Waals surface area contributed by atoms with Crippen LogP contribution < -0.4 is 5.32 Å². The molecule has 9 heteroatoms. The van der Waals surface area contributed by atoms with Crippen LogP contribution in [-0.2, 0) is 20.6 Å². The van der Waals surface area contributed by atoms with Gasteiger partial charge in [-0.15, -0.1) is 0 Å². The first-order valence-corrected chi connectivity index (χ1v) is 9.80. The Morgan fingerprint density at radius 1 is 1.31 bits per heavy atom. The van der Waals surface area contributed by atoms with Crippen LogP contribution >= 0.6 is 0 Å². The van der Waals surface area contributed by atoms with E-state index in [1.807, 2.05) is 12.4 Å². The number of piperidine rings is 1. The van der Waals surface area contributed by atoms with Gasteiger partial charge in [-0.2, -0.15) is 0 Å². The lowest BCUT2D eigenvalue weighted by atomic mass is 9.93. The molecule has 1 aromatic rings. The maximum absolute atomic E-state index is 11.9. The molecule has 3 aliphatic heterocycles. The van der Waals surface area contributed by atoms with Gasteiger partial charge in [-0.25, -0.2) is 4.21 Å². The number of nitrogens with zero attached hydrogens (tertiary/aromatic N) is 3. The van der Waals surface area contributed by atoms with Crippen molar-refractivity contribution in [3.63, 3.8) is 0 Å². The Morgan fingerprint density at radius 3 is 2.73 bits per heavy atom. The number of nitrogens with one attached hydrogen (secondary N) is 1. The van der Waals surface area contributed by atoms with Crippen LogP contribution in [0, 0.1) is 5.92 Å². The van der Waals surface area contributed by atoms with E-state index >= 15 is 0 Å². The van der Waals surface area contributed by atoms with Gasteiger partial charge in [0.25, 0.3) is 0 Å². The minimum atomic E-state index is -1.96. The van der Waals surface area contributed by atoms with Crippen molar-refractivity contribution < 1.29 is 18.2 Å². The smallest absolute Gasteiger partial charge is 0.234 e. The molecule has 140 valence electrons. The third-order valence-electron chi connectivity index (χ3n) is 5.05. The summed E-state index contributed by atoms with van der Waals surface area (Å²) in [6.07, 6.45) is 10.8. The highest BCUT2D eigenvalue weighted by molar-refractivity contribution is 7.79. The highest BCUT2D eigenvalue weighted by atomic mass is 32.2. The minimum Gasteiger partial charge on any atom is -0.459 e. The van der Waals surface area contributed by atoms with Gasteiger partial charge in [-0.1, -0.05) is 0 Å². The largest absolute Gasteiger partial charge is 0.459 e. The van der Waals surface area contributed by atoms with Crippen LogP contribution in [0.25, 0.3) is 0 Å². The Labute approximate surface area is 154 Å². The predicted octanol–water partition coefficient (Wildman–Crippen LogP) is 1.52. The molecule has 3 atom stereocenters. The van der Waals surface area contributed by atoms with Crippen LogP contribution in [0.3, 0.4) is 0 Å². The summed E-state index contributed by atoms with van der Waals surface area (Å²) < 4.78 is 32.4. The molecule has 1 fully saturated rings. The number of rotatable bonds is 5. The van der Waals surface area contributed by atoms with Gasteiger partial charge in [-0.3, -0.25) is 14.8 Å². The molecule has 2 N–H and O–H groups in total. The summed E-state index contributed by atoms with van der Waals surface area (Å²) in [5.41, 5.74) is 0.822. The Kier molecular flexibility index (Phi) is 5.09. The van der Waals surface area contributed by atoms with Gasteiger partial charge in [0.1, 0.15) is 17.8 Å². The lowest BCUT2D eigenvalue weighted by Gasteiger charge is -2.40. The second kappa shape index (κ2) is 7.65. The number of pyridine rings is 1. The van der Waals surface area contributed by atoms with Crippen molar-refractivity contribution in [3.8, 4) is 0 Å². The van der Waals surface area contributed by atoms with E-state index in [0.717, 1.165) is 31.5 Å². The summed E-state index contributed by atoms with van der Waals surface area (Å²) in [6, 6.07) is 3.61. The van der Waals surface area contributed by atoms with Crippen molar-refractivity contribution in [1.82, 2.24) is 20.1 Å². The van der Waals surface area contributed by atoms with E-state index in [1.165, 1.54) is 0 Å². The van der Waals surface area contributed by atoms with Crippen molar-refractivity contribution in [2.75, 3.05) is 19.9 Å². The van der Waals surface area contributed by atoms with Crippen LogP contribution in [-0.4, -0.2) is 49.6 Å². The highest BCUT2D eigenvalue weighted by Crippen LogP contribution is 2.33. The van der Waals surface area contributed by atoms with E-state index in [9.17, 15) is 8.76 Å². The van der Waals surface area contributed by atoms with Crippen LogP contribution in [0.1, 0.15) is 23.8 Å². The molecule has 0 aliphatic carbocycles. The third kappa shape index (κ3) is 3.42. The Morgan fingerprint density at radius 2 is 2.08 bits per heavy atom. The lowest BCUT2D eigenvalue weighted by molar-refractivity contribution is 0.0368. The fourth-order valence-corrected chi connectivity index (χ4v) is 4.65. The van der Waals surface area contributed by atoms with Gasteiger partial charge < -0.3 is 19.3 Å². The summed E-state index contributed by atoms with van der Waals surface area (Å²) in [7, 11) is 0. The summed E-state index contributed by atoms with van der Waals surface area (Å²) in [5.74, 6) is 1.11. The zero-order valence-corrected chi connectivity index (χ0v) is 15.0. The standard InChI is InChI=1S/C17H22N4O4S/c22-26(23)17(14-1-5-18-6-2-14)20-8-3-13(4-9-20)16-19-7-10-21(16)15-11-24-12-25-15/h1-2,5-7,10-11,13,16-17,19H,3-4,8-9,12H2,(H,22,23). The lowest BCUT2D eigenvalue weighted by Crippen LogP contribution is -2.47. The average Bonchev–Trinajstić information content (AvgIpc) is 3.34. The molecule has 0 aromatic carbocycles. The third-order valence-corrected chi connectivity index (χ3v) is 6.00. The molecule has 0 saturated carbocycles. The SMILES string of the molecule is O=S(O)C(c1ccncc1)N1CCC(C2NC=CN2C2=COCO2)CC1. The molecule has 1 aromatic heterocycles. The Hall–Kier alpha value is -2.10. The van der Waals surface area contributed by atoms with E-state index in [4.69, 9.17) is 9.47 Å². The topological polar surface area (TPSA) is 87.2 Å². The molecular formula is C17H22N4O4S. The molecule has 26 heavy (non-hydrogen) atoms. The first-order valence-electron chi connectivity index (χ1n) is 8.63. The fourth-order valence-electron chi connectivity index (χ4n) is 3.79. The van der Waals surface area contributed by atoms with E-state index in [1.54, 1.807) is 30.8 Å². The minimum absolute atomic E-state index is 0.115. The van der Waals surface area contributed by atoms with E-state index < -0.39 is 16.5 Å². The first-order chi connectivity index (χ1) is 12.7. The Balaban J connectivity index is 1.41. The van der Waals surface area contributed by atoms with Crippen LogP contribution in [0.5, 0.6) is 0 Å². The zero-order valence-electron chi connectivity index (χ0n) is 14.2.